The van der Waals surface area contributed by atoms with Crippen LogP contribution in [0.25, 0.3) is 0 Å². The van der Waals surface area contributed by atoms with Crippen LogP contribution in [0.5, 0.6) is 0 Å². The quantitative estimate of drug-likeness (QED) is 0.576. The van der Waals surface area contributed by atoms with Crippen molar-refractivity contribution in [2.45, 2.75) is 25.2 Å². The maximum atomic E-state index is 5.97. The highest BCUT2D eigenvalue weighted by Crippen LogP contribution is 2.60. The Balaban J connectivity index is 2.44. The summed E-state index contributed by atoms with van der Waals surface area (Å²) in [6, 6.07) is 8.77. The highest BCUT2D eigenvalue weighted by Gasteiger charge is 2.53. The minimum atomic E-state index is -0.350. The lowest BCUT2D eigenvalue weighted by atomic mass is 9.62. The van der Waals surface area contributed by atoms with Crippen LogP contribution in [0.3, 0.4) is 0 Å². The Morgan fingerprint density at radius 3 is 2.46 bits per heavy atom. The van der Waals surface area contributed by atoms with Gasteiger partial charge in [0.05, 0.1) is 5.41 Å². The normalized spacial score (nSPS) is 27.0. The van der Waals surface area contributed by atoms with E-state index in [2.05, 4.69) is 93.0 Å². The van der Waals surface area contributed by atoms with Crippen molar-refractivity contribution in [3.63, 3.8) is 0 Å². The molecule has 2 aliphatic carbocycles. The average Bonchev–Trinajstić information content (AvgIpc) is 3.00. The molecule has 2 aliphatic rings. The fraction of sp³-hybridized carbons (Fsp3) is 0.185. The monoisotopic (exact) mass is 367 g/mol. The molecular formula is C27H29N. The van der Waals surface area contributed by atoms with Crippen LogP contribution in [-0.4, -0.2) is 0 Å². The van der Waals surface area contributed by atoms with E-state index in [0.29, 0.717) is 5.92 Å². The second kappa shape index (κ2) is 8.31. The van der Waals surface area contributed by atoms with Crippen LogP contribution in [-0.2, 0) is 5.41 Å². The minimum absolute atomic E-state index is 0.257. The largest absolute Gasteiger partial charge is 0.402 e. The topological polar surface area (TPSA) is 26.0 Å². The first-order valence-corrected chi connectivity index (χ1v) is 9.78. The number of fused-ring (bicyclic) bond motifs is 3. The standard InChI is InChI=1S/C27H29N/c1-5-12-22(13-6-2)27(21(7-3)19-18-20(4)28)25-16-10-8-14-23(25)24-15-9-11-17-26(24)27/h5-19,23,25H,1,3,28H2,2,4H3/b13-6-,20-18+,21-19+,22-12+. The average molecular weight is 368 g/mol. The maximum absolute atomic E-state index is 5.97. The zero-order chi connectivity index (χ0) is 20.1. The lowest BCUT2D eigenvalue weighted by molar-refractivity contribution is 0.455. The molecule has 0 amide bonds. The Morgan fingerprint density at radius 1 is 1.04 bits per heavy atom. The first-order chi connectivity index (χ1) is 13.6. The molecule has 142 valence electrons. The van der Waals surface area contributed by atoms with E-state index < -0.39 is 0 Å². The molecule has 0 radical (unpaired) electrons. The molecule has 0 aliphatic heterocycles. The molecule has 3 atom stereocenters. The summed E-state index contributed by atoms with van der Waals surface area (Å²) in [5.41, 5.74) is 11.4. The number of hydrogen-bond donors (Lipinski definition) is 1. The summed E-state index contributed by atoms with van der Waals surface area (Å²) < 4.78 is 0. The number of benzene rings is 1. The van der Waals surface area contributed by atoms with Gasteiger partial charge in [-0.25, -0.2) is 0 Å². The fourth-order valence-corrected chi connectivity index (χ4v) is 4.71. The molecule has 1 aromatic rings. The van der Waals surface area contributed by atoms with Crippen molar-refractivity contribution in [2.75, 3.05) is 0 Å². The van der Waals surface area contributed by atoms with E-state index in [1.54, 1.807) is 0 Å². The first-order valence-electron chi connectivity index (χ1n) is 9.78. The molecule has 1 aromatic carbocycles. The predicted octanol–water partition coefficient (Wildman–Crippen LogP) is 6.43. The maximum Gasteiger partial charge on any atom is 0.0525 e. The van der Waals surface area contributed by atoms with Gasteiger partial charge in [0, 0.05) is 17.5 Å². The number of allylic oxidation sites excluding steroid dienone is 14. The molecule has 0 saturated carbocycles. The molecule has 3 rings (SSSR count). The van der Waals surface area contributed by atoms with Gasteiger partial charge in [-0.1, -0.05) is 98.2 Å². The van der Waals surface area contributed by atoms with Gasteiger partial charge in [-0.2, -0.15) is 0 Å². The van der Waals surface area contributed by atoms with E-state index in [0.717, 1.165) is 11.3 Å². The highest BCUT2D eigenvalue weighted by molar-refractivity contribution is 5.65. The smallest absolute Gasteiger partial charge is 0.0525 e. The molecule has 2 N–H and O–H groups in total. The van der Waals surface area contributed by atoms with E-state index in [9.17, 15) is 0 Å². The van der Waals surface area contributed by atoms with Gasteiger partial charge in [-0.15, -0.1) is 0 Å². The van der Waals surface area contributed by atoms with Crippen molar-refractivity contribution in [3.05, 3.63) is 132 Å². The zero-order valence-electron chi connectivity index (χ0n) is 16.8. The SMILES string of the molecule is C=C/C=C(\C=C/C)C1(/C(C=C)=C/C=C(\C)N)c2ccccc2C2C=CC=CC21. The predicted molar refractivity (Wildman–Crippen MR) is 122 cm³/mol. The van der Waals surface area contributed by atoms with Crippen LogP contribution in [0.15, 0.2) is 121 Å². The Labute approximate surface area is 169 Å². The Morgan fingerprint density at radius 2 is 1.79 bits per heavy atom. The summed E-state index contributed by atoms with van der Waals surface area (Å²) >= 11 is 0. The number of hydrogen-bond acceptors (Lipinski definition) is 1. The summed E-state index contributed by atoms with van der Waals surface area (Å²) in [7, 11) is 0. The molecule has 0 heterocycles. The van der Waals surface area contributed by atoms with Gasteiger partial charge in [0.2, 0.25) is 0 Å². The second-order valence-corrected chi connectivity index (χ2v) is 7.31. The molecule has 0 fully saturated rings. The lowest BCUT2D eigenvalue weighted by Gasteiger charge is -2.40. The van der Waals surface area contributed by atoms with Gasteiger partial charge in [0.15, 0.2) is 0 Å². The third-order valence-electron chi connectivity index (χ3n) is 5.68. The van der Waals surface area contributed by atoms with E-state index in [-0.39, 0.29) is 11.3 Å². The van der Waals surface area contributed by atoms with Gasteiger partial charge in [-0.05, 0) is 42.2 Å². The van der Waals surface area contributed by atoms with Gasteiger partial charge >= 0.3 is 0 Å². The van der Waals surface area contributed by atoms with Gasteiger partial charge in [0.25, 0.3) is 0 Å². The molecular weight excluding hydrogens is 338 g/mol. The zero-order valence-corrected chi connectivity index (χ0v) is 16.8. The number of nitrogens with two attached hydrogens (primary N) is 1. The third-order valence-corrected chi connectivity index (χ3v) is 5.68. The molecule has 1 heteroatoms. The minimum Gasteiger partial charge on any atom is -0.402 e. The summed E-state index contributed by atoms with van der Waals surface area (Å²) in [5, 5.41) is 0. The van der Waals surface area contributed by atoms with Crippen molar-refractivity contribution in [3.8, 4) is 0 Å². The fourth-order valence-electron chi connectivity index (χ4n) is 4.71. The van der Waals surface area contributed by atoms with Gasteiger partial charge in [0.1, 0.15) is 0 Å². The molecule has 28 heavy (non-hydrogen) atoms. The molecule has 0 aromatic heterocycles. The van der Waals surface area contributed by atoms with Crippen molar-refractivity contribution in [2.24, 2.45) is 11.7 Å². The summed E-state index contributed by atoms with van der Waals surface area (Å²) in [5.74, 6) is 0.582. The molecule has 0 spiro atoms. The Kier molecular flexibility index (Phi) is 5.84. The number of rotatable bonds is 6. The van der Waals surface area contributed by atoms with Crippen molar-refractivity contribution in [1.82, 2.24) is 0 Å². The first kappa shape index (κ1) is 19.7. The summed E-state index contributed by atoms with van der Waals surface area (Å²) in [4.78, 5) is 0. The van der Waals surface area contributed by atoms with Crippen LogP contribution in [0.1, 0.15) is 30.9 Å². The molecule has 3 unspecified atom stereocenters. The van der Waals surface area contributed by atoms with Crippen molar-refractivity contribution < 1.29 is 0 Å². The molecule has 0 bridgehead atoms. The van der Waals surface area contributed by atoms with E-state index in [1.807, 2.05) is 25.2 Å². The van der Waals surface area contributed by atoms with Crippen LogP contribution in [0.2, 0.25) is 0 Å². The third kappa shape index (κ3) is 3.07. The highest BCUT2D eigenvalue weighted by atomic mass is 14.6. The van der Waals surface area contributed by atoms with Gasteiger partial charge < -0.3 is 5.73 Å². The van der Waals surface area contributed by atoms with E-state index in [4.69, 9.17) is 5.73 Å². The van der Waals surface area contributed by atoms with Crippen LogP contribution < -0.4 is 5.73 Å². The van der Waals surface area contributed by atoms with Gasteiger partial charge in [-0.3, -0.25) is 0 Å². The molecule has 0 saturated heterocycles. The van der Waals surface area contributed by atoms with Crippen molar-refractivity contribution >= 4 is 0 Å². The van der Waals surface area contributed by atoms with E-state index >= 15 is 0 Å². The Hall–Kier alpha value is -3.06. The summed E-state index contributed by atoms with van der Waals surface area (Å²) in [6.45, 7) is 12.1. The summed E-state index contributed by atoms with van der Waals surface area (Å²) in [6.07, 6.45) is 23.3. The van der Waals surface area contributed by atoms with Crippen LogP contribution in [0, 0.1) is 5.92 Å². The lowest BCUT2D eigenvalue weighted by Crippen LogP contribution is -2.35. The second-order valence-electron chi connectivity index (χ2n) is 7.31. The van der Waals surface area contributed by atoms with Crippen LogP contribution in [0.4, 0.5) is 0 Å². The molecule has 1 nitrogen and oxygen atoms in total. The Bertz CT molecular complexity index is 944. The van der Waals surface area contributed by atoms with E-state index in [1.165, 1.54) is 16.7 Å². The van der Waals surface area contributed by atoms with Crippen LogP contribution >= 0.6 is 0 Å². The van der Waals surface area contributed by atoms with Crippen molar-refractivity contribution in [1.29, 1.82) is 0 Å².